The average Bonchev–Trinajstić information content (AvgIpc) is 3.04. The van der Waals surface area contributed by atoms with Gasteiger partial charge in [0, 0.05) is 17.4 Å². The number of methoxy groups -OCH3 is 1. The van der Waals surface area contributed by atoms with Crippen LogP contribution in [0.1, 0.15) is 33.6 Å². The molecule has 5 saturated carbocycles. The van der Waals surface area contributed by atoms with E-state index in [1.165, 1.54) is 7.11 Å². The number of ether oxygens (including phenoxy) is 1. The molecule has 1 N–H and O–H groups in total. The summed E-state index contributed by atoms with van der Waals surface area (Å²) >= 11 is 0. The molecule has 4 nitrogen and oxygen atoms in total. The lowest BCUT2D eigenvalue weighted by molar-refractivity contribution is -0.278. The number of ketones is 1. The average molecular weight is 272 g/mol. The molecule has 4 heteroatoms. The van der Waals surface area contributed by atoms with Gasteiger partial charge in [0.15, 0.2) is 5.78 Å². The highest BCUT2D eigenvalue weighted by molar-refractivity contribution is 6.05. The third-order valence-corrected chi connectivity index (χ3v) is 5.63. The SMILES string of the molecule is COC(=O)c1ccc(C(=O)C2(O)C3C4CCC3C42)cc1. The lowest BCUT2D eigenvalue weighted by Crippen LogP contribution is -2.78. The Hall–Kier alpha value is -1.68. The zero-order valence-corrected chi connectivity index (χ0v) is 11.2. The fourth-order valence-electron chi connectivity index (χ4n) is 4.74. The molecule has 1 aromatic rings. The van der Waals surface area contributed by atoms with E-state index in [0.717, 1.165) is 12.8 Å². The van der Waals surface area contributed by atoms with E-state index in [1.54, 1.807) is 24.3 Å². The fraction of sp³-hybridized carbons (Fsp3) is 0.500. The van der Waals surface area contributed by atoms with Crippen LogP contribution in [0.2, 0.25) is 0 Å². The van der Waals surface area contributed by atoms with E-state index in [4.69, 9.17) is 0 Å². The van der Waals surface area contributed by atoms with Crippen molar-refractivity contribution in [3.8, 4) is 0 Å². The van der Waals surface area contributed by atoms with Crippen molar-refractivity contribution < 1.29 is 19.4 Å². The molecule has 0 atom stereocenters. The molecule has 20 heavy (non-hydrogen) atoms. The Labute approximate surface area is 116 Å². The third-order valence-electron chi connectivity index (χ3n) is 5.63. The Bertz CT molecular complexity index is 579. The molecule has 0 amide bonds. The maximum Gasteiger partial charge on any atom is 0.337 e. The molecule has 1 aromatic carbocycles. The zero-order valence-electron chi connectivity index (χ0n) is 11.2. The number of carbonyl (C=O) groups is 2. The molecule has 0 aliphatic heterocycles. The molecular formula is C16H16O4. The van der Waals surface area contributed by atoms with Gasteiger partial charge in [0.2, 0.25) is 0 Å². The molecule has 0 radical (unpaired) electrons. The summed E-state index contributed by atoms with van der Waals surface area (Å²) in [5, 5.41) is 10.6. The van der Waals surface area contributed by atoms with E-state index >= 15 is 0 Å². The molecule has 6 rings (SSSR count). The van der Waals surface area contributed by atoms with Crippen LogP contribution in [-0.4, -0.2) is 29.6 Å². The number of esters is 1. The number of rotatable bonds is 3. The molecular weight excluding hydrogens is 256 g/mol. The van der Waals surface area contributed by atoms with Gasteiger partial charge in [-0.2, -0.15) is 0 Å². The lowest BCUT2D eigenvalue weighted by atomic mass is 9.35. The van der Waals surface area contributed by atoms with Crippen molar-refractivity contribution in [2.75, 3.05) is 7.11 Å². The van der Waals surface area contributed by atoms with Crippen LogP contribution in [0.5, 0.6) is 0 Å². The Morgan fingerprint density at radius 1 is 1.10 bits per heavy atom. The smallest absolute Gasteiger partial charge is 0.337 e. The number of hydrogen-bond donors (Lipinski definition) is 1. The highest BCUT2D eigenvalue weighted by atomic mass is 16.5. The predicted octanol–water partition coefficient (Wildman–Crippen LogP) is 1.67. The topological polar surface area (TPSA) is 63.6 Å². The quantitative estimate of drug-likeness (QED) is 0.671. The van der Waals surface area contributed by atoms with Crippen molar-refractivity contribution in [2.45, 2.75) is 18.4 Å². The summed E-state index contributed by atoms with van der Waals surface area (Å²) in [5.74, 6) is 0.901. The van der Waals surface area contributed by atoms with Gasteiger partial charge in [0.25, 0.3) is 0 Å². The highest BCUT2D eigenvalue weighted by Gasteiger charge is 2.82. The van der Waals surface area contributed by atoms with Crippen LogP contribution < -0.4 is 0 Å². The minimum absolute atomic E-state index is 0.181. The first kappa shape index (κ1) is 12.1. The summed E-state index contributed by atoms with van der Waals surface area (Å²) in [6, 6.07) is 6.35. The van der Waals surface area contributed by atoms with Gasteiger partial charge < -0.3 is 9.84 Å². The normalized spacial score (nSPS) is 39.7. The second kappa shape index (κ2) is 3.70. The fourth-order valence-corrected chi connectivity index (χ4v) is 4.74. The standard InChI is InChI=1S/C16H16O4/c1-20-15(18)9-4-2-8(3-5-9)14(17)16(19)12-10-6-7-11(12)13(10)16/h2-5,10-13,19H,6-7H2,1H3. The number of aliphatic hydroxyl groups is 1. The van der Waals surface area contributed by atoms with Crippen LogP contribution in [0.3, 0.4) is 0 Å². The van der Waals surface area contributed by atoms with E-state index in [1.807, 2.05) is 0 Å². The summed E-state index contributed by atoms with van der Waals surface area (Å²) in [6.45, 7) is 0. The van der Waals surface area contributed by atoms with Gasteiger partial charge in [-0.25, -0.2) is 4.79 Å². The van der Waals surface area contributed by atoms with Crippen molar-refractivity contribution in [1.29, 1.82) is 0 Å². The predicted molar refractivity (Wildman–Crippen MR) is 70.3 cm³/mol. The van der Waals surface area contributed by atoms with Crippen LogP contribution in [0.25, 0.3) is 0 Å². The van der Waals surface area contributed by atoms with Crippen LogP contribution in [0.15, 0.2) is 24.3 Å². The van der Waals surface area contributed by atoms with Gasteiger partial charge in [0.05, 0.1) is 12.7 Å². The Morgan fingerprint density at radius 3 is 2.10 bits per heavy atom. The first-order chi connectivity index (χ1) is 9.59. The van der Waals surface area contributed by atoms with Gasteiger partial charge in [-0.1, -0.05) is 12.1 Å². The second-order valence-electron chi connectivity index (χ2n) is 6.18. The van der Waals surface area contributed by atoms with Crippen molar-refractivity contribution >= 4 is 11.8 Å². The van der Waals surface area contributed by atoms with E-state index in [2.05, 4.69) is 4.74 Å². The highest BCUT2D eigenvalue weighted by Crippen LogP contribution is 2.77. The Balaban J connectivity index is 1.57. The Kier molecular flexibility index (Phi) is 2.24. The van der Waals surface area contributed by atoms with Gasteiger partial charge in [0.1, 0.15) is 5.60 Å². The van der Waals surface area contributed by atoms with E-state index in [-0.39, 0.29) is 17.6 Å². The van der Waals surface area contributed by atoms with Crippen molar-refractivity contribution in [2.24, 2.45) is 23.7 Å². The molecule has 4 bridgehead atoms. The zero-order chi connectivity index (χ0) is 14.1. The maximum absolute atomic E-state index is 12.5. The van der Waals surface area contributed by atoms with Gasteiger partial charge in [-0.3, -0.25) is 4.79 Å². The van der Waals surface area contributed by atoms with E-state index in [9.17, 15) is 14.7 Å². The number of hydrogen-bond acceptors (Lipinski definition) is 4. The molecule has 0 unspecified atom stereocenters. The van der Waals surface area contributed by atoms with Gasteiger partial charge in [-0.15, -0.1) is 0 Å². The second-order valence-corrected chi connectivity index (χ2v) is 6.18. The van der Waals surface area contributed by atoms with Gasteiger partial charge >= 0.3 is 5.97 Å². The van der Waals surface area contributed by atoms with Gasteiger partial charge in [-0.05, 0) is 36.8 Å². The molecule has 104 valence electrons. The molecule has 0 spiro atoms. The summed E-state index contributed by atoms with van der Waals surface area (Å²) in [7, 11) is 1.32. The summed E-state index contributed by atoms with van der Waals surface area (Å²) in [5.41, 5.74) is -0.234. The monoisotopic (exact) mass is 272 g/mol. The number of fused-ring (bicyclic) bond motifs is 1. The number of benzene rings is 1. The third kappa shape index (κ3) is 1.17. The molecule has 5 aliphatic rings. The molecule has 0 aromatic heterocycles. The van der Waals surface area contributed by atoms with E-state index < -0.39 is 11.6 Å². The number of carbonyl (C=O) groups excluding carboxylic acids is 2. The van der Waals surface area contributed by atoms with E-state index in [0.29, 0.717) is 23.0 Å². The summed E-state index contributed by atoms with van der Waals surface area (Å²) in [6.07, 6.45) is 2.33. The first-order valence-corrected chi connectivity index (χ1v) is 7.04. The number of Topliss-reactive ketones (excluding diaryl/α,β-unsaturated/α-hetero) is 1. The summed E-state index contributed by atoms with van der Waals surface area (Å²) < 4.78 is 4.62. The molecule has 0 heterocycles. The van der Waals surface area contributed by atoms with Crippen LogP contribution in [0, 0.1) is 23.7 Å². The minimum Gasteiger partial charge on any atom is -0.465 e. The van der Waals surface area contributed by atoms with Crippen LogP contribution in [0.4, 0.5) is 0 Å². The molecule has 0 saturated heterocycles. The van der Waals surface area contributed by atoms with Crippen LogP contribution in [-0.2, 0) is 4.74 Å². The van der Waals surface area contributed by atoms with Crippen molar-refractivity contribution in [3.63, 3.8) is 0 Å². The Morgan fingerprint density at radius 2 is 1.60 bits per heavy atom. The minimum atomic E-state index is -1.13. The molecule has 5 aliphatic carbocycles. The largest absolute Gasteiger partial charge is 0.465 e. The first-order valence-electron chi connectivity index (χ1n) is 7.04. The maximum atomic E-state index is 12.5. The molecule has 5 fully saturated rings. The summed E-state index contributed by atoms with van der Waals surface area (Å²) in [4.78, 5) is 23.8. The lowest BCUT2D eigenvalue weighted by Gasteiger charge is -2.69. The van der Waals surface area contributed by atoms with Crippen molar-refractivity contribution in [1.82, 2.24) is 0 Å². The van der Waals surface area contributed by atoms with Crippen molar-refractivity contribution in [3.05, 3.63) is 35.4 Å². The van der Waals surface area contributed by atoms with Crippen LogP contribution >= 0.6 is 0 Å².